The summed E-state index contributed by atoms with van der Waals surface area (Å²) in [4.78, 5) is 24.7. The fourth-order valence-corrected chi connectivity index (χ4v) is 2.86. The van der Waals surface area contributed by atoms with Gasteiger partial charge in [0.05, 0.1) is 12.0 Å². The van der Waals surface area contributed by atoms with Crippen molar-refractivity contribution in [2.24, 2.45) is 5.92 Å². The number of likely N-dealkylation sites (tertiary alicyclic amines) is 1. The number of amides is 2. The molecule has 1 aliphatic rings. The normalized spacial score (nSPS) is 18.6. The van der Waals surface area contributed by atoms with Crippen molar-refractivity contribution in [2.45, 2.75) is 12.5 Å². The first-order valence-corrected chi connectivity index (χ1v) is 8.20. The molecule has 2 N–H and O–H groups in total. The maximum absolute atomic E-state index is 12.9. The number of benzene rings is 2. The molecule has 1 saturated heterocycles. The van der Waals surface area contributed by atoms with Crippen LogP contribution in [0.15, 0.2) is 48.5 Å². The van der Waals surface area contributed by atoms with Crippen LogP contribution in [-0.2, 0) is 4.79 Å². The van der Waals surface area contributed by atoms with Crippen LogP contribution in [0, 0.1) is 23.1 Å². The molecule has 1 fully saturated rings. The number of rotatable bonds is 4. The van der Waals surface area contributed by atoms with Crippen LogP contribution in [0.1, 0.15) is 6.42 Å². The third-order valence-electron chi connectivity index (χ3n) is 4.20. The van der Waals surface area contributed by atoms with E-state index in [0.29, 0.717) is 17.2 Å². The fraction of sp³-hybridized carbons (Fsp3) is 0.211. The van der Waals surface area contributed by atoms with Crippen LogP contribution < -0.4 is 10.1 Å². The Labute approximate surface area is 154 Å². The van der Waals surface area contributed by atoms with Crippen LogP contribution in [0.5, 0.6) is 11.5 Å². The second-order valence-corrected chi connectivity index (χ2v) is 6.08. The van der Waals surface area contributed by atoms with E-state index in [1.807, 2.05) is 6.07 Å². The van der Waals surface area contributed by atoms with E-state index in [1.54, 1.807) is 24.3 Å². The standard InChI is InChI=1S/C19H16FN3O4/c20-13-1-5-15(6-2-13)27-16-7-3-14(4-8-16)22-18(24)17-9-12(10-21)11-23(17)19(25)26/h1-8,12,17H,9,11H2,(H,22,24)(H,25,26). The molecule has 2 unspecified atom stereocenters. The maximum atomic E-state index is 12.9. The molecule has 27 heavy (non-hydrogen) atoms. The number of hydrogen-bond donors (Lipinski definition) is 2. The van der Waals surface area contributed by atoms with Gasteiger partial charge in [0.25, 0.3) is 0 Å². The molecule has 3 rings (SSSR count). The average molecular weight is 369 g/mol. The molecule has 0 aliphatic carbocycles. The summed E-state index contributed by atoms with van der Waals surface area (Å²) in [6, 6.07) is 13.1. The number of anilines is 1. The van der Waals surface area contributed by atoms with Crippen molar-refractivity contribution < 1.29 is 23.8 Å². The molecule has 138 valence electrons. The van der Waals surface area contributed by atoms with Gasteiger partial charge >= 0.3 is 6.09 Å². The monoisotopic (exact) mass is 369 g/mol. The molecule has 1 aliphatic heterocycles. The second kappa shape index (κ2) is 7.74. The Hall–Kier alpha value is -3.60. The predicted octanol–water partition coefficient (Wildman–Crippen LogP) is 3.45. The SMILES string of the molecule is N#CC1CC(C(=O)Nc2ccc(Oc3ccc(F)cc3)cc2)N(C(=O)O)C1. The highest BCUT2D eigenvalue weighted by Crippen LogP contribution is 2.26. The Morgan fingerprint density at radius 2 is 1.74 bits per heavy atom. The number of nitriles is 1. The lowest BCUT2D eigenvalue weighted by Gasteiger charge is -2.20. The van der Waals surface area contributed by atoms with Crippen LogP contribution in [0.4, 0.5) is 14.9 Å². The lowest BCUT2D eigenvalue weighted by molar-refractivity contribution is -0.119. The van der Waals surface area contributed by atoms with Crippen LogP contribution in [0.25, 0.3) is 0 Å². The molecule has 2 aromatic rings. The summed E-state index contributed by atoms with van der Waals surface area (Å²) in [6.07, 6.45) is -1.06. The van der Waals surface area contributed by atoms with E-state index in [4.69, 9.17) is 10.00 Å². The number of nitrogens with zero attached hydrogens (tertiary/aromatic N) is 2. The summed E-state index contributed by atoms with van der Waals surface area (Å²) in [6.45, 7) is 0.0222. The van der Waals surface area contributed by atoms with Crippen molar-refractivity contribution in [1.29, 1.82) is 5.26 Å². The first kappa shape index (κ1) is 18.2. The summed E-state index contributed by atoms with van der Waals surface area (Å²) in [5.74, 6) is -0.372. The van der Waals surface area contributed by atoms with E-state index in [2.05, 4.69) is 5.32 Å². The van der Waals surface area contributed by atoms with E-state index in [9.17, 15) is 19.1 Å². The van der Waals surface area contributed by atoms with Gasteiger partial charge in [-0.2, -0.15) is 5.26 Å². The molecule has 7 nitrogen and oxygen atoms in total. The van der Waals surface area contributed by atoms with Gasteiger partial charge in [0, 0.05) is 12.2 Å². The Balaban J connectivity index is 1.63. The van der Waals surface area contributed by atoms with Crippen LogP contribution in [-0.4, -0.2) is 34.6 Å². The van der Waals surface area contributed by atoms with Crippen LogP contribution in [0.3, 0.4) is 0 Å². The van der Waals surface area contributed by atoms with E-state index in [1.165, 1.54) is 24.3 Å². The lowest BCUT2D eigenvalue weighted by Crippen LogP contribution is -2.42. The highest BCUT2D eigenvalue weighted by Gasteiger charge is 2.39. The summed E-state index contributed by atoms with van der Waals surface area (Å²) in [7, 11) is 0. The number of ether oxygens (including phenoxy) is 1. The Morgan fingerprint density at radius 1 is 1.15 bits per heavy atom. The van der Waals surface area contributed by atoms with Crippen molar-refractivity contribution in [3.05, 3.63) is 54.3 Å². The highest BCUT2D eigenvalue weighted by atomic mass is 19.1. The lowest BCUT2D eigenvalue weighted by atomic mass is 10.1. The molecule has 0 aromatic heterocycles. The summed E-state index contributed by atoms with van der Waals surface area (Å²) < 4.78 is 18.5. The van der Waals surface area contributed by atoms with Gasteiger partial charge < -0.3 is 15.2 Å². The van der Waals surface area contributed by atoms with Crippen LogP contribution in [0.2, 0.25) is 0 Å². The van der Waals surface area contributed by atoms with Gasteiger partial charge in [0.1, 0.15) is 23.4 Å². The first-order valence-electron chi connectivity index (χ1n) is 8.20. The molecule has 0 spiro atoms. The number of nitrogens with one attached hydrogen (secondary N) is 1. The molecule has 8 heteroatoms. The van der Waals surface area contributed by atoms with Gasteiger partial charge in [-0.15, -0.1) is 0 Å². The minimum atomic E-state index is -1.23. The molecular weight excluding hydrogens is 353 g/mol. The third-order valence-corrected chi connectivity index (χ3v) is 4.20. The summed E-state index contributed by atoms with van der Waals surface area (Å²) in [5, 5.41) is 20.8. The average Bonchev–Trinajstić information content (AvgIpc) is 3.10. The van der Waals surface area contributed by atoms with E-state index in [0.717, 1.165) is 4.90 Å². The van der Waals surface area contributed by atoms with Gasteiger partial charge in [0.2, 0.25) is 5.91 Å². The minimum Gasteiger partial charge on any atom is -0.465 e. The molecule has 0 radical (unpaired) electrons. The van der Waals surface area contributed by atoms with E-state index in [-0.39, 0.29) is 18.8 Å². The van der Waals surface area contributed by atoms with E-state index < -0.39 is 24.0 Å². The summed E-state index contributed by atoms with van der Waals surface area (Å²) >= 11 is 0. The Morgan fingerprint density at radius 3 is 2.30 bits per heavy atom. The fourth-order valence-electron chi connectivity index (χ4n) is 2.86. The first-order chi connectivity index (χ1) is 13.0. The second-order valence-electron chi connectivity index (χ2n) is 6.08. The minimum absolute atomic E-state index is 0.0222. The van der Waals surface area contributed by atoms with Crippen molar-refractivity contribution in [3.63, 3.8) is 0 Å². The summed E-state index contributed by atoms with van der Waals surface area (Å²) in [5.41, 5.74) is 0.470. The molecule has 1 heterocycles. The largest absolute Gasteiger partial charge is 0.465 e. The van der Waals surface area contributed by atoms with Gasteiger partial charge in [-0.05, 0) is 55.0 Å². The number of carbonyl (C=O) groups excluding carboxylic acids is 1. The zero-order chi connectivity index (χ0) is 19.4. The quantitative estimate of drug-likeness (QED) is 0.859. The van der Waals surface area contributed by atoms with Gasteiger partial charge in [-0.3, -0.25) is 9.69 Å². The van der Waals surface area contributed by atoms with Crippen molar-refractivity contribution >= 4 is 17.7 Å². The highest BCUT2D eigenvalue weighted by molar-refractivity contribution is 5.96. The maximum Gasteiger partial charge on any atom is 0.408 e. The Kier molecular flexibility index (Phi) is 5.22. The number of halogens is 1. The smallest absolute Gasteiger partial charge is 0.408 e. The van der Waals surface area contributed by atoms with Gasteiger partial charge in [-0.25, -0.2) is 9.18 Å². The molecule has 2 amide bonds. The molecular formula is C19H16FN3O4. The Bertz CT molecular complexity index is 877. The zero-order valence-corrected chi connectivity index (χ0v) is 14.1. The number of carboxylic acid groups (broad SMARTS) is 1. The van der Waals surface area contributed by atoms with Gasteiger partial charge in [-0.1, -0.05) is 0 Å². The van der Waals surface area contributed by atoms with E-state index >= 15 is 0 Å². The topological polar surface area (TPSA) is 103 Å². The van der Waals surface area contributed by atoms with Crippen LogP contribution >= 0.6 is 0 Å². The molecule has 2 atom stereocenters. The third kappa shape index (κ3) is 4.33. The predicted molar refractivity (Wildman–Crippen MR) is 93.8 cm³/mol. The molecule has 0 saturated carbocycles. The van der Waals surface area contributed by atoms with Crippen molar-refractivity contribution in [1.82, 2.24) is 4.90 Å². The van der Waals surface area contributed by atoms with Crippen molar-refractivity contribution in [3.8, 4) is 17.6 Å². The number of carbonyl (C=O) groups is 2. The number of hydrogen-bond acceptors (Lipinski definition) is 4. The van der Waals surface area contributed by atoms with Gasteiger partial charge in [0.15, 0.2) is 0 Å². The van der Waals surface area contributed by atoms with Crippen molar-refractivity contribution in [2.75, 3.05) is 11.9 Å². The molecule has 2 aromatic carbocycles. The molecule has 0 bridgehead atoms. The zero-order valence-electron chi connectivity index (χ0n) is 14.1.